The second-order valence-electron chi connectivity index (χ2n) is 8.66. The predicted octanol–water partition coefficient (Wildman–Crippen LogP) is 0.420. The van der Waals surface area contributed by atoms with E-state index in [4.69, 9.17) is 17.0 Å². The van der Waals surface area contributed by atoms with Crippen molar-refractivity contribution in [3.05, 3.63) is 18.5 Å². The highest BCUT2D eigenvalue weighted by molar-refractivity contribution is 7.80. The second-order valence-corrected chi connectivity index (χ2v) is 9.07. The minimum atomic E-state index is 0.606. The normalized spacial score (nSPS) is 29.0. The van der Waals surface area contributed by atoms with Gasteiger partial charge in [0.05, 0.1) is 6.61 Å². The molecule has 1 aromatic heterocycles. The Kier molecular flexibility index (Phi) is 7.70. The lowest BCUT2D eigenvalue weighted by Crippen LogP contribution is -2.59. The van der Waals surface area contributed by atoms with Gasteiger partial charge in [-0.05, 0) is 49.5 Å². The van der Waals surface area contributed by atoms with Gasteiger partial charge in [0.15, 0.2) is 5.11 Å². The number of nitrogens with one attached hydrogen (secondary N) is 2. The summed E-state index contributed by atoms with van der Waals surface area (Å²) >= 11 is 5.38. The summed E-state index contributed by atoms with van der Waals surface area (Å²) in [6, 6.07) is 2.48. The van der Waals surface area contributed by atoms with Crippen molar-refractivity contribution in [3.8, 4) is 0 Å². The van der Waals surface area contributed by atoms with Crippen molar-refractivity contribution in [2.75, 3.05) is 77.5 Å². The molecule has 1 aromatic rings. The maximum Gasteiger partial charge on any atom is 0.225 e. The molecule has 0 amide bonds. The van der Waals surface area contributed by atoms with E-state index in [0.29, 0.717) is 12.6 Å². The smallest absolute Gasteiger partial charge is 0.225 e. The van der Waals surface area contributed by atoms with Crippen LogP contribution in [0, 0.1) is 11.8 Å². The fourth-order valence-electron chi connectivity index (χ4n) is 5.12. The molecular weight excluding hydrogens is 398 g/mol. The molecule has 2 bridgehead atoms. The average Bonchev–Trinajstić information content (AvgIpc) is 2.80. The maximum atomic E-state index is 5.38. The van der Waals surface area contributed by atoms with Crippen LogP contribution in [0.5, 0.6) is 0 Å². The number of hydrogen-bond donors (Lipinski definition) is 2. The molecule has 4 saturated heterocycles. The van der Waals surface area contributed by atoms with Gasteiger partial charge in [0.1, 0.15) is 0 Å². The van der Waals surface area contributed by atoms with Crippen molar-refractivity contribution in [1.29, 1.82) is 0 Å². The van der Waals surface area contributed by atoms with E-state index >= 15 is 0 Å². The summed E-state index contributed by atoms with van der Waals surface area (Å²) in [5, 5.41) is 7.35. The Balaban J connectivity index is 1.19. The number of aromatic nitrogens is 2. The molecule has 4 aliphatic heterocycles. The molecule has 0 saturated carbocycles. The topological polar surface area (TPSA) is 68.8 Å². The van der Waals surface area contributed by atoms with Crippen LogP contribution in [0.2, 0.25) is 0 Å². The Bertz CT molecular complexity index is 671. The number of anilines is 1. The first-order chi connectivity index (χ1) is 14.7. The lowest BCUT2D eigenvalue weighted by Gasteiger charge is -2.51. The molecule has 4 aliphatic rings. The Hall–Kier alpha value is -1.55. The second kappa shape index (κ2) is 10.7. The first-order valence-electron chi connectivity index (χ1n) is 11.2. The standard InChI is InChI=1S/C21H35N7OS/c1-29-12-6-24-21(30)25-14-19-13-17-3-7-28(19)16-18(17)15-26-8-10-27(11-9-26)20-22-4-2-5-23-20/h2,4-5,17-19H,3,6-16H2,1H3,(H2,24,25,30)/t17-,18-,19+/m0/s1. The Morgan fingerprint density at radius 1 is 1.17 bits per heavy atom. The van der Waals surface area contributed by atoms with Crippen LogP contribution < -0.4 is 15.5 Å². The number of piperazine rings is 1. The zero-order valence-corrected chi connectivity index (χ0v) is 18.8. The minimum absolute atomic E-state index is 0.606. The van der Waals surface area contributed by atoms with Gasteiger partial charge in [0.25, 0.3) is 0 Å². The molecule has 2 N–H and O–H groups in total. The largest absolute Gasteiger partial charge is 0.383 e. The molecule has 4 atom stereocenters. The highest BCUT2D eigenvalue weighted by Crippen LogP contribution is 2.36. The van der Waals surface area contributed by atoms with Crippen LogP contribution in [0.1, 0.15) is 12.8 Å². The number of nitrogens with zero attached hydrogens (tertiary/aromatic N) is 5. The molecule has 166 valence electrons. The zero-order chi connectivity index (χ0) is 20.8. The molecule has 9 heteroatoms. The van der Waals surface area contributed by atoms with E-state index < -0.39 is 0 Å². The van der Waals surface area contributed by atoms with E-state index in [-0.39, 0.29) is 0 Å². The van der Waals surface area contributed by atoms with Crippen LogP contribution in [-0.4, -0.2) is 104 Å². The van der Waals surface area contributed by atoms with Gasteiger partial charge in [-0.1, -0.05) is 0 Å². The third-order valence-corrected chi connectivity index (χ3v) is 7.09. The van der Waals surface area contributed by atoms with Crippen LogP contribution >= 0.6 is 12.2 Å². The van der Waals surface area contributed by atoms with Crippen LogP contribution in [-0.2, 0) is 4.74 Å². The van der Waals surface area contributed by atoms with Gasteiger partial charge in [-0.3, -0.25) is 9.80 Å². The Labute approximate surface area is 185 Å². The quantitative estimate of drug-likeness (QED) is 0.448. The summed E-state index contributed by atoms with van der Waals surface area (Å²) in [4.78, 5) is 16.4. The molecule has 0 aliphatic carbocycles. The number of fused-ring (bicyclic) bond motifs is 3. The van der Waals surface area contributed by atoms with Gasteiger partial charge in [-0.15, -0.1) is 0 Å². The SMILES string of the molecule is COCCNC(=S)NC[C@H]1C[C@@H]2CCN1C[C@@H]2CN1CCN(c2ncccn2)CC1. The van der Waals surface area contributed by atoms with Crippen LogP contribution in [0.25, 0.3) is 0 Å². The Morgan fingerprint density at radius 2 is 1.97 bits per heavy atom. The first-order valence-corrected chi connectivity index (χ1v) is 11.6. The molecule has 8 nitrogen and oxygen atoms in total. The van der Waals surface area contributed by atoms with Gasteiger partial charge < -0.3 is 20.3 Å². The van der Waals surface area contributed by atoms with E-state index in [2.05, 4.69) is 35.3 Å². The summed E-state index contributed by atoms with van der Waals surface area (Å²) in [6.07, 6.45) is 6.29. The van der Waals surface area contributed by atoms with Crippen LogP contribution in [0.15, 0.2) is 18.5 Å². The molecule has 1 unspecified atom stereocenters. The highest BCUT2D eigenvalue weighted by atomic mass is 32.1. The van der Waals surface area contributed by atoms with Gasteiger partial charge >= 0.3 is 0 Å². The monoisotopic (exact) mass is 433 g/mol. The fourth-order valence-corrected chi connectivity index (χ4v) is 5.31. The summed E-state index contributed by atoms with van der Waals surface area (Å²) < 4.78 is 5.06. The molecule has 0 spiro atoms. The molecular formula is C21H35N7OS. The van der Waals surface area contributed by atoms with Crippen molar-refractivity contribution < 1.29 is 4.74 Å². The highest BCUT2D eigenvalue weighted by Gasteiger charge is 2.40. The fraction of sp³-hybridized carbons (Fsp3) is 0.762. The molecule has 30 heavy (non-hydrogen) atoms. The summed E-state index contributed by atoms with van der Waals surface area (Å²) in [5.41, 5.74) is 0. The summed E-state index contributed by atoms with van der Waals surface area (Å²) in [5.74, 6) is 2.50. The number of thiocarbonyl (C=S) groups is 1. The third-order valence-electron chi connectivity index (χ3n) is 6.80. The van der Waals surface area contributed by atoms with E-state index in [9.17, 15) is 0 Å². The van der Waals surface area contributed by atoms with E-state index in [0.717, 1.165) is 62.2 Å². The molecule has 5 rings (SSSR count). The number of piperidine rings is 3. The molecule has 5 heterocycles. The summed E-state index contributed by atoms with van der Waals surface area (Å²) in [7, 11) is 1.71. The lowest BCUT2D eigenvalue weighted by atomic mass is 9.75. The van der Waals surface area contributed by atoms with Gasteiger partial charge in [0.2, 0.25) is 5.95 Å². The van der Waals surface area contributed by atoms with Gasteiger partial charge in [-0.25, -0.2) is 9.97 Å². The number of methoxy groups -OCH3 is 1. The molecule has 4 fully saturated rings. The zero-order valence-electron chi connectivity index (χ0n) is 18.0. The van der Waals surface area contributed by atoms with Crippen LogP contribution in [0.4, 0.5) is 5.95 Å². The van der Waals surface area contributed by atoms with Crippen molar-refractivity contribution in [1.82, 2.24) is 30.4 Å². The van der Waals surface area contributed by atoms with E-state index in [1.807, 2.05) is 18.5 Å². The number of hydrogen-bond acceptors (Lipinski definition) is 7. The third kappa shape index (κ3) is 5.57. The van der Waals surface area contributed by atoms with Gasteiger partial charge in [-0.2, -0.15) is 0 Å². The first kappa shape index (κ1) is 21.7. The number of ether oxygens (including phenoxy) is 1. The minimum Gasteiger partial charge on any atom is -0.383 e. The van der Waals surface area contributed by atoms with Crippen molar-refractivity contribution in [2.45, 2.75) is 18.9 Å². The number of rotatable bonds is 8. The van der Waals surface area contributed by atoms with Crippen molar-refractivity contribution in [2.24, 2.45) is 11.8 Å². The van der Waals surface area contributed by atoms with Gasteiger partial charge in [0, 0.05) is 77.9 Å². The maximum absolute atomic E-state index is 5.38. The van der Waals surface area contributed by atoms with Crippen molar-refractivity contribution in [3.63, 3.8) is 0 Å². The lowest BCUT2D eigenvalue weighted by molar-refractivity contribution is -0.0110. The van der Waals surface area contributed by atoms with Crippen molar-refractivity contribution >= 4 is 23.3 Å². The molecule has 0 radical (unpaired) electrons. The summed E-state index contributed by atoms with van der Waals surface area (Å²) in [6.45, 7) is 10.3. The van der Waals surface area contributed by atoms with E-state index in [1.54, 1.807) is 7.11 Å². The molecule has 0 aromatic carbocycles. The Morgan fingerprint density at radius 3 is 2.67 bits per heavy atom. The predicted molar refractivity (Wildman–Crippen MR) is 123 cm³/mol. The average molecular weight is 434 g/mol. The van der Waals surface area contributed by atoms with Crippen LogP contribution in [0.3, 0.4) is 0 Å². The van der Waals surface area contributed by atoms with E-state index in [1.165, 1.54) is 32.5 Å².